The number of rotatable bonds is 6. The molecule has 6 nitrogen and oxygen atoms in total. The molecule has 2 N–H and O–H groups in total. The molecule has 1 aliphatic rings. The van der Waals surface area contributed by atoms with Crippen LogP contribution in [0.4, 0.5) is 0 Å². The van der Waals surface area contributed by atoms with Crippen molar-refractivity contribution in [2.24, 2.45) is 5.10 Å². The predicted octanol–water partition coefficient (Wildman–Crippen LogP) is 2.84. The molecule has 0 fully saturated rings. The second-order valence-electron chi connectivity index (χ2n) is 5.69. The number of ether oxygens (including phenoxy) is 1. The molecule has 0 unspecified atom stereocenters. The van der Waals surface area contributed by atoms with Crippen molar-refractivity contribution in [1.82, 2.24) is 15.6 Å². The van der Waals surface area contributed by atoms with E-state index in [9.17, 15) is 4.79 Å². The lowest BCUT2D eigenvalue weighted by Crippen LogP contribution is -2.21. The fourth-order valence-electron chi connectivity index (χ4n) is 2.94. The number of amides is 1. The summed E-state index contributed by atoms with van der Waals surface area (Å²) >= 11 is 0. The van der Waals surface area contributed by atoms with Crippen LogP contribution < -0.4 is 10.2 Å². The Bertz CT molecular complexity index is 747. The van der Waals surface area contributed by atoms with E-state index in [-0.39, 0.29) is 5.91 Å². The van der Waals surface area contributed by atoms with E-state index >= 15 is 0 Å². The summed E-state index contributed by atoms with van der Waals surface area (Å²) in [4.78, 5) is 12.3. The van der Waals surface area contributed by atoms with Gasteiger partial charge < -0.3 is 4.74 Å². The average Bonchev–Trinajstić information content (AvgIpc) is 3.20. The summed E-state index contributed by atoms with van der Waals surface area (Å²) in [5, 5.41) is 11.4. The van der Waals surface area contributed by atoms with Gasteiger partial charge in [-0.1, -0.05) is 6.92 Å². The van der Waals surface area contributed by atoms with Gasteiger partial charge in [0.25, 0.3) is 5.91 Å². The number of hydrogen-bond donors (Lipinski definition) is 2. The van der Waals surface area contributed by atoms with Crippen molar-refractivity contribution in [2.75, 3.05) is 6.61 Å². The van der Waals surface area contributed by atoms with Gasteiger partial charge in [0, 0.05) is 11.3 Å². The molecule has 2 aromatic rings. The van der Waals surface area contributed by atoms with Crippen molar-refractivity contribution in [1.29, 1.82) is 0 Å². The minimum Gasteiger partial charge on any atom is -0.494 e. The lowest BCUT2D eigenvalue weighted by atomic mass is 10.1. The third kappa shape index (κ3) is 3.32. The molecule has 6 heteroatoms. The van der Waals surface area contributed by atoms with E-state index in [1.54, 1.807) is 0 Å². The molecule has 0 saturated carbocycles. The molecule has 0 saturated heterocycles. The monoisotopic (exact) mass is 326 g/mol. The Morgan fingerprint density at radius 1 is 1.29 bits per heavy atom. The van der Waals surface area contributed by atoms with E-state index in [1.165, 1.54) is 0 Å². The summed E-state index contributed by atoms with van der Waals surface area (Å²) in [5.41, 5.74) is 6.99. The Labute approximate surface area is 141 Å². The van der Waals surface area contributed by atoms with Crippen LogP contribution in [0, 0.1) is 0 Å². The van der Waals surface area contributed by atoms with Crippen LogP contribution in [0.25, 0.3) is 0 Å². The number of aromatic amines is 1. The third-order valence-corrected chi connectivity index (χ3v) is 4.15. The highest BCUT2D eigenvalue weighted by molar-refractivity contribution is 6.02. The Morgan fingerprint density at radius 3 is 2.79 bits per heavy atom. The van der Waals surface area contributed by atoms with Crippen LogP contribution >= 0.6 is 0 Å². The van der Waals surface area contributed by atoms with Gasteiger partial charge in [-0.25, -0.2) is 5.43 Å². The highest BCUT2D eigenvalue weighted by Crippen LogP contribution is 2.22. The van der Waals surface area contributed by atoms with E-state index in [2.05, 4.69) is 20.7 Å². The van der Waals surface area contributed by atoms with Gasteiger partial charge in [0.05, 0.1) is 12.3 Å². The van der Waals surface area contributed by atoms with Gasteiger partial charge in [-0.3, -0.25) is 9.89 Å². The summed E-state index contributed by atoms with van der Waals surface area (Å²) in [6.07, 6.45) is 3.65. The fourth-order valence-corrected chi connectivity index (χ4v) is 2.94. The van der Waals surface area contributed by atoms with Crippen LogP contribution in [0.5, 0.6) is 5.75 Å². The molecule has 0 spiro atoms. The summed E-state index contributed by atoms with van der Waals surface area (Å²) in [5.74, 6) is 0.569. The van der Waals surface area contributed by atoms with Crippen molar-refractivity contribution >= 4 is 11.6 Å². The summed E-state index contributed by atoms with van der Waals surface area (Å²) in [6, 6.07) is 7.72. The highest BCUT2D eigenvalue weighted by atomic mass is 16.5. The topological polar surface area (TPSA) is 79.4 Å². The van der Waals surface area contributed by atoms with Gasteiger partial charge in [0.2, 0.25) is 0 Å². The molecular formula is C18H22N4O2. The van der Waals surface area contributed by atoms with Crippen LogP contribution in [-0.4, -0.2) is 28.4 Å². The number of nitrogens with zero attached hydrogens (tertiary/aromatic N) is 2. The van der Waals surface area contributed by atoms with E-state index < -0.39 is 0 Å². The first-order valence-corrected chi connectivity index (χ1v) is 8.39. The van der Waals surface area contributed by atoms with Gasteiger partial charge in [-0.2, -0.15) is 10.2 Å². The van der Waals surface area contributed by atoms with Crippen molar-refractivity contribution in [3.05, 3.63) is 46.8 Å². The number of hydrazone groups is 1. The third-order valence-electron chi connectivity index (χ3n) is 4.15. The fraction of sp³-hybridized carbons (Fsp3) is 0.389. The molecule has 24 heavy (non-hydrogen) atoms. The average molecular weight is 326 g/mol. The number of aromatic nitrogens is 2. The van der Waals surface area contributed by atoms with Gasteiger partial charge in [-0.15, -0.1) is 0 Å². The summed E-state index contributed by atoms with van der Waals surface area (Å²) in [7, 11) is 0. The molecule has 0 bridgehead atoms. The quantitative estimate of drug-likeness (QED) is 0.633. The molecule has 1 heterocycles. The zero-order chi connectivity index (χ0) is 16.9. The number of nitrogens with one attached hydrogen (secondary N) is 2. The molecule has 126 valence electrons. The van der Waals surface area contributed by atoms with Crippen LogP contribution in [0.2, 0.25) is 0 Å². The standard InChI is InChI=1S/C18H22N4O2/c1-3-15(12-8-10-13(11-9-12)24-4-2)19-22-18(23)17-14-6-5-7-16(14)20-21-17/h8-11H,3-7H2,1-2H3,(H,20,21)(H,22,23). The lowest BCUT2D eigenvalue weighted by molar-refractivity contribution is 0.0949. The molecule has 3 rings (SSSR count). The van der Waals surface area contributed by atoms with Crippen LogP contribution in [0.1, 0.15) is 54.0 Å². The zero-order valence-electron chi connectivity index (χ0n) is 14.1. The number of H-pyrrole nitrogens is 1. The van der Waals surface area contributed by atoms with Gasteiger partial charge in [0.1, 0.15) is 5.75 Å². The molecule has 1 aromatic heterocycles. The normalized spacial score (nSPS) is 13.7. The van der Waals surface area contributed by atoms with E-state index in [4.69, 9.17) is 4.74 Å². The molecule has 0 atom stereocenters. The highest BCUT2D eigenvalue weighted by Gasteiger charge is 2.22. The van der Waals surface area contributed by atoms with Gasteiger partial charge in [0.15, 0.2) is 5.69 Å². The van der Waals surface area contributed by atoms with Gasteiger partial charge in [-0.05, 0) is 62.4 Å². The van der Waals surface area contributed by atoms with Crippen molar-refractivity contribution in [3.63, 3.8) is 0 Å². The van der Waals surface area contributed by atoms with Crippen molar-refractivity contribution in [3.8, 4) is 5.75 Å². The number of fused-ring (bicyclic) bond motifs is 1. The predicted molar refractivity (Wildman–Crippen MR) is 92.5 cm³/mol. The number of carbonyl (C=O) groups excluding carboxylic acids is 1. The van der Waals surface area contributed by atoms with E-state index in [0.29, 0.717) is 18.7 Å². The Hall–Kier alpha value is -2.63. The molecule has 1 aliphatic carbocycles. The maximum atomic E-state index is 12.3. The second kappa shape index (κ2) is 7.29. The maximum absolute atomic E-state index is 12.3. The minimum atomic E-state index is -0.258. The van der Waals surface area contributed by atoms with E-state index in [1.807, 2.05) is 38.1 Å². The zero-order valence-corrected chi connectivity index (χ0v) is 14.1. The largest absolute Gasteiger partial charge is 0.494 e. The maximum Gasteiger partial charge on any atom is 0.292 e. The first kappa shape index (κ1) is 16.2. The molecular weight excluding hydrogens is 304 g/mol. The van der Waals surface area contributed by atoms with Crippen molar-refractivity contribution < 1.29 is 9.53 Å². The molecule has 0 radical (unpaired) electrons. The molecule has 1 aromatic carbocycles. The Balaban J connectivity index is 1.72. The summed E-state index contributed by atoms with van der Waals surface area (Å²) < 4.78 is 5.44. The number of hydrogen-bond acceptors (Lipinski definition) is 4. The number of carbonyl (C=O) groups is 1. The second-order valence-corrected chi connectivity index (χ2v) is 5.69. The van der Waals surface area contributed by atoms with Crippen LogP contribution in [0.15, 0.2) is 29.4 Å². The Kier molecular flexibility index (Phi) is 4.93. The first-order chi connectivity index (χ1) is 11.7. The van der Waals surface area contributed by atoms with E-state index in [0.717, 1.165) is 47.5 Å². The summed E-state index contributed by atoms with van der Waals surface area (Å²) in [6.45, 7) is 4.60. The minimum absolute atomic E-state index is 0.258. The smallest absolute Gasteiger partial charge is 0.292 e. The SMILES string of the molecule is CCOc1ccc(C(CC)=NNC(=O)c2n[nH]c3c2CCC3)cc1. The van der Waals surface area contributed by atoms with Crippen LogP contribution in [-0.2, 0) is 12.8 Å². The van der Waals surface area contributed by atoms with Crippen LogP contribution in [0.3, 0.4) is 0 Å². The Morgan fingerprint density at radius 2 is 2.08 bits per heavy atom. The molecule has 1 amide bonds. The molecule has 0 aliphatic heterocycles. The first-order valence-electron chi connectivity index (χ1n) is 8.39. The van der Waals surface area contributed by atoms with Crippen molar-refractivity contribution in [2.45, 2.75) is 39.5 Å². The number of aryl methyl sites for hydroxylation is 1. The van der Waals surface area contributed by atoms with Gasteiger partial charge >= 0.3 is 0 Å². The number of benzene rings is 1. The lowest BCUT2D eigenvalue weighted by Gasteiger charge is -2.07.